The molecule has 0 aliphatic carbocycles. The third-order valence-electron chi connectivity index (χ3n) is 3.19. The molecule has 2 aromatic rings. The lowest BCUT2D eigenvalue weighted by molar-refractivity contribution is 0.0748. The third-order valence-corrected chi connectivity index (χ3v) is 3.19. The number of carbonyl (C=O) groups excluding carboxylic acids is 1. The highest BCUT2D eigenvalue weighted by atomic mass is 19.1. The molecule has 0 aliphatic heterocycles. The van der Waals surface area contributed by atoms with Crippen LogP contribution in [-0.2, 0) is 6.54 Å². The summed E-state index contributed by atoms with van der Waals surface area (Å²) < 4.78 is 13.7. The molecular weight excluding hydrogens is 255 g/mol. The molecule has 104 valence electrons. The van der Waals surface area contributed by atoms with Crippen LogP contribution in [0.15, 0.2) is 48.5 Å². The van der Waals surface area contributed by atoms with E-state index in [1.54, 1.807) is 23.1 Å². The molecule has 0 atom stereocenters. The lowest BCUT2D eigenvalue weighted by Gasteiger charge is -2.22. The van der Waals surface area contributed by atoms with Crippen LogP contribution in [-0.4, -0.2) is 17.4 Å². The van der Waals surface area contributed by atoms with Gasteiger partial charge in [-0.25, -0.2) is 4.39 Å². The number of carbonyl (C=O) groups is 1. The van der Waals surface area contributed by atoms with Crippen molar-refractivity contribution in [2.24, 2.45) is 0 Å². The first kappa shape index (κ1) is 14.1. The predicted octanol–water partition coefficient (Wildman–Crippen LogP) is 3.07. The number of para-hydroxylation sites is 1. The van der Waals surface area contributed by atoms with Crippen molar-refractivity contribution in [3.05, 3.63) is 65.5 Å². The molecular formula is C16H17FN2O. The van der Waals surface area contributed by atoms with Gasteiger partial charge in [0.25, 0.3) is 5.91 Å². The summed E-state index contributed by atoms with van der Waals surface area (Å²) in [6, 6.07) is 13.4. The van der Waals surface area contributed by atoms with Crippen LogP contribution in [0.25, 0.3) is 0 Å². The van der Waals surface area contributed by atoms with Crippen molar-refractivity contribution in [1.29, 1.82) is 0 Å². The van der Waals surface area contributed by atoms with Gasteiger partial charge in [0.15, 0.2) is 0 Å². The quantitative estimate of drug-likeness (QED) is 0.869. The van der Waals surface area contributed by atoms with Crippen molar-refractivity contribution in [1.82, 2.24) is 4.90 Å². The van der Waals surface area contributed by atoms with E-state index >= 15 is 0 Å². The second-order valence-electron chi connectivity index (χ2n) is 4.50. The molecule has 0 radical (unpaired) electrons. The van der Waals surface area contributed by atoms with E-state index in [0.717, 1.165) is 5.56 Å². The lowest BCUT2D eigenvalue weighted by Crippen LogP contribution is -2.31. The fourth-order valence-electron chi connectivity index (χ4n) is 2.02. The number of nitrogens with two attached hydrogens (primary N) is 1. The van der Waals surface area contributed by atoms with E-state index in [-0.39, 0.29) is 11.5 Å². The van der Waals surface area contributed by atoms with Crippen molar-refractivity contribution < 1.29 is 9.18 Å². The molecule has 0 heterocycles. The monoisotopic (exact) mass is 272 g/mol. The molecule has 0 spiro atoms. The van der Waals surface area contributed by atoms with E-state index in [9.17, 15) is 9.18 Å². The highest BCUT2D eigenvalue weighted by molar-refractivity contribution is 5.94. The molecule has 0 fully saturated rings. The molecule has 0 unspecified atom stereocenters. The molecule has 0 saturated carbocycles. The fraction of sp³-hybridized carbons (Fsp3) is 0.188. The fourth-order valence-corrected chi connectivity index (χ4v) is 2.02. The topological polar surface area (TPSA) is 46.3 Å². The molecule has 2 N–H and O–H groups in total. The van der Waals surface area contributed by atoms with Crippen molar-refractivity contribution in [2.45, 2.75) is 13.5 Å². The number of benzene rings is 2. The van der Waals surface area contributed by atoms with Crippen molar-refractivity contribution in [3.8, 4) is 0 Å². The third kappa shape index (κ3) is 2.96. The first-order chi connectivity index (χ1) is 9.63. The minimum absolute atomic E-state index is 0.0869. The van der Waals surface area contributed by atoms with Gasteiger partial charge in [-0.3, -0.25) is 4.79 Å². The van der Waals surface area contributed by atoms with Crippen LogP contribution in [0.5, 0.6) is 0 Å². The average Bonchev–Trinajstić information content (AvgIpc) is 2.46. The maximum atomic E-state index is 13.7. The predicted molar refractivity (Wildman–Crippen MR) is 77.7 cm³/mol. The molecule has 0 saturated heterocycles. The number of hydrogen-bond acceptors (Lipinski definition) is 2. The minimum Gasteiger partial charge on any atom is -0.398 e. The van der Waals surface area contributed by atoms with Gasteiger partial charge >= 0.3 is 0 Å². The Morgan fingerprint density at radius 2 is 1.80 bits per heavy atom. The smallest absolute Gasteiger partial charge is 0.257 e. The Balaban J connectivity index is 2.23. The van der Waals surface area contributed by atoms with E-state index in [1.807, 2.05) is 25.1 Å². The Morgan fingerprint density at radius 3 is 2.45 bits per heavy atom. The summed E-state index contributed by atoms with van der Waals surface area (Å²) in [4.78, 5) is 13.9. The zero-order valence-corrected chi connectivity index (χ0v) is 11.3. The number of nitrogens with zero attached hydrogens (tertiary/aromatic N) is 1. The van der Waals surface area contributed by atoms with Gasteiger partial charge in [-0.1, -0.05) is 30.3 Å². The van der Waals surface area contributed by atoms with Crippen LogP contribution in [0.2, 0.25) is 0 Å². The highest BCUT2D eigenvalue weighted by Gasteiger charge is 2.18. The van der Waals surface area contributed by atoms with Crippen LogP contribution in [0.3, 0.4) is 0 Å². The molecule has 1 amide bonds. The summed E-state index contributed by atoms with van der Waals surface area (Å²) >= 11 is 0. The number of hydrogen-bond donors (Lipinski definition) is 1. The molecule has 2 aromatic carbocycles. The summed E-state index contributed by atoms with van der Waals surface area (Å²) in [5.74, 6) is -0.828. The number of amides is 1. The zero-order chi connectivity index (χ0) is 14.5. The molecule has 0 bridgehead atoms. The van der Waals surface area contributed by atoms with Gasteiger partial charge in [0, 0.05) is 18.8 Å². The minimum atomic E-state index is -0.503. The van der Waals surface area contributed by atoms with Crippen LogP contribution in [0, 0.1) is 5.82 Å². The Bertz CT molecular complexity index is 613. The Labute approximate surface area is 117 Å². The Kier molecular flexibility index (Phi) is 4.35. The normalized spacial score (nSPS) is 10.3. The van der Waals surface area contributed by atoms with Gasteiger partial charge in [0.1, 0.15) is 5.82 Å². The van der Waals surface area contributed by atoms with Crippen LogP contribution >= 0.6 is 0 Å². The Morgan fingerprint density at radius 1 is 1.15 bits per heavy atom. The van der Waals surface area contributed by atoms with E-state index in [2.05, 4.69) is 0 Å². The van der Waals surface area contributed by atoms with Gasteiger partial charge in [-0.05, 0) is 30.7 Å². The van der Waals surface area contributed by atoms with Crippen LogP contribution < -0.4 is 5.73 Å². The number of anilines is 1. The highest BCUT2D eigenvalue weighted by Crippen LogP contribution is 2.16. The van der Waals surface area contributed by atoms with Crippen molar-refractivity contribution >= 4 is 11.6 Å². The molecule has 0 aliphatic rings. The molecule has 3 nitrogen and oxygen atoms in total. The summed E-state index contributed by atoms with van der Waals surface area (Å²) in [6.07, 6.45) is 0. The SMILES string of the molecule is CCN(Cc1ccccc1N)C(=O)c1ccccc1F. The van der Waals surface area contributed by atoms with Gasteiger partial charge in [0.2, 0.25) is 0 Å². The van der Waals surface area contributed by atoms with Crippen LogP contribution in [0.4, 0.5) is 10.1 Å². The average molecular weight is 272 g/mol. The van der Waals surface area contributed by atoms with Crippen molar-refractivity contribution in [3.63, 3.8) is 0 Å². The maximum Gasteiger partial charge on any atom is 0.257 e. The van der Waals surface area contributed by atoms with Gasteiger partial charge < -0.3 is 10.6 Å². The largest absolute Gasteiger partial charge is 0.398 e. The summed E-state index contributed by atoms with van der Waals surface area (Å²) in [5.41, 5.74) is 7.46. The number of halogens is 1. The van der Waals surface area contributed by atoms with Gasteiger partial charge in [0.05, 0.1) is 5.56 Å². The molecule has 20 heavy (non-hydrogen) atoms. The van der Waals surface area contributed by atoms with Crippen LogP contribution in [0.1, 0.15) is 22.8 Å². The standard InChI is InChI=1S/C16H17FN2O/c1-2-19(11-12-7-3-6-10-15(12)18)16(20)13-8-4-5-9-14(13)17/h3-10H,2,11,18H2,1H3. The number of nitrogen functional groups attached to an aromatic ring is 1. The zero-order valence-electron chi connectivity index (χ0n) is 11.3. The van der Waals surface area contributed by atoms with E-state index in [0.29, 0.717) is 18.8 Å². The second kappa shape index (κ2) is 6.19. The summed E-state index contributed by atoms with van der Waals surface area (Å²) in [7, 11) is 0. The molecule has 0 aromatic heterocycles. The Hall–Kier alpha value is -2.36. The summed E-state index contributed by atoms with van der Waals surface area (Å²) in [5, 5.41) is 0. The van der Waals surface area contributed by atoms with E-state index in [1.165, 1.54) is 12.1 Å². The molecule has 4 heteroatoms. The first-order valence-electron chi connectivity index (χ1n) is 6.50. The summed E-state index contributed by atoms with van der Waals surface area (Å²) in [6.45, 7) is 2.72. The van der Waals surface area contributed by atoms with E-state index in [4.69, 9.17) is 5.73 Å². The first-order valence-corrected chi connectivity index (χ1v) is 6.50. The van der Waals surface area contributed by atoms with Gasteiger partial charge in [-0.15, -0.1) is 0 Å². The van der Waals surface area contributed by atoms with Gasteiger partial charge in [-0.2, -0.15) is 0 Å². The number of rotatable bonds is 4. The van der Waals surface area contributed by atoms with E-state index < -0.39 is 5.82 Å². The lowest BCUT2D eigenvalue weighted by atomic mass is 10.1. The maximum absolute atomic E-state index is 13.7. The molecule has 2 rings (SSSR count). The van der Waals surface area contributed by atoms with Crippen molar-refractivity contribution in [2.75, 3.05) is 12.3 Å². The second-order valence-corrected chi connectivity index (χ2v) is 4.50.